The highest BCUT2D eigenvalue weighted by atomic mass is 15.1. The lowest BCUT2D eigenvalue weighted by Crippen LogP contribution is -2.29. The molecular formula is C13H21N3. The summed E-state index contributed by atoms with van der Waals surface area (Å²) in [6, 6.07) is 0. The van der Waals surface area contributed by atoms with Crippen LogP contribution in [0.15, 0.2) is 12.4 Å². The minimum atomic E-state index is 0.518. The van der Waals surface area contributed by atoms with Crippen LogP contribution in [0.5, 0.6) is 0 Å². The summed E-state index contributed by atoms with van der Waals surface area (Å²) in [7, 11) is 0. The molecule has 0 aromatic carbocycles. The Morgan fingerprint density at radius 2 is 1.75 bits per heavy atom. The predicted octanol–water partition coefficient (Wildman–Crippen LogP) is 2.59. The van der Waals surface area contributed by atoms with Crippen LogP contribution in [0.2, 0.25) is 0 Å². The van der Waals surface area contributed by atoms with Gasteiger partial charge < -0.3 is 0 Å². The summed E-state index contributed by atoms with van der Waals surface area (Å²) in [5.41, 5.74) is 1.22. The minimum absolute atomic E-state index is 0.518. The van der Waals surface area contributed by atoms with Crippen LogP contribution in [0.4, 0.5) is 0 Å². The molecule has 88 valence electrons. The highest BCUT2D eigenvalue weighted by Gasteiger charge is 2.11. The van der Waals surface area contributed by atoms with Crippen LogP contribution in [-0.2, 0) is 6.54 Å². The first-order valence-corrected chi connectivity index (χ1v) is 6.29. The molecule has 2 heterocycles. The lowest BCUT2D eigenvalue weighted by molar-refractivity contribution is 0.216. The first-order chi connectivity index (χ1) is 7.75. The van der Waals surface area contributed by atoms with Crippen LogP contribution in [0, 0.1) is 0 Å². The largest absolute Gasteiger partial charge is 0.296 e. The van der Waals surface area contributed by atoms with Crippen LogP contribution < -0.4 is 0 Å². The Hall–Kier alpha value is -0.960. The van der Waals surface area contributed by atoms with Crippen molar-refractivity contribution in [1.29, 1.82) is 0 Å². The molecule has 1 aromatic heterocycles. The lowest BCUT2D eigenvalue weighted by atomic mass is 10.1. The van der Waals surface area contributed by atoms with Gasteiger partial charge in [-0.05, 0) is 37.4 Å². The molecule has 1 saturated heterocycles. The SMILES string of the molecule is CC(C)c1cnc(CN2CCCCC2)nc1. The molecule has 0 saturated carbocycles. The van der Waals surface area contributed by atoms with E-state index in [2.05, 4.69) is 28.7 Å². The van der Waals surface area contributed by atoms with Gasteiger partial charge in [0, 0.05) is 12.4 Å². The number of nitrogens with zero attached hydrogens (tertiary/aromatic N) is 3. The third kappa shape index (κ3) is 3.01. The lowest BCUT2D eigenvalue weighted by Gasteiger charge is -2.25. The molecule has 0 unspecified atom stereocenters. The van der Waals surface area contributed by atoms with E-state index in [4.69, 9.17) is 0 Å². The third-order valence-electron chi connectivity index (χ3n) is 3.21. The van der Waals surface area contributed by atoms with Crippen molar-refractivity contribution in [3.63, 3.8) is 0 Å². The smallest absolute Gasteiger partial charge is 0.142 e. The fourth-order valence-corrected chi connectivity index (χ4v) is 2.06. The quantitative estimate of drug-likeness (QED) is 0.782. The Bertz CT molecular complexity index is 312. The number of hydrogen-bond acceptors (Lipinski definition) is 3. The van der Waals surface area contributed by atoms with Crippen molar-refractivity contribution in [2.45, 2.75) is 45.6 Å². The molecule has 2 rings (SSSR count). The molecule has 0 N–H and O–H groups in total. The maximum absolute atomic E-state index is 4.44. The van der Waals surface area contributed by atoms with Crippen molar-refractivity contribution in [3.05, 3.63) is 23.8 Å². The van der Waals surface area contributed by atoms with Gasteiger partial charge in [0.2, 0.25) is 0 Å². The number of likely N-dealkylation sites (tertiary alicyclic amines) is 1. The molecule has 1 aromatic rings. The van der Waals surface area contributed by atoms with Gasteiger partial charge in [0.15, 0.2) is 0 Å². The van der Waals surface area contributed by atoms with Gasteiger partial charge in [0.05, 0.1) is 6.54 Å². The fourth-order valence-electron chi connectivity index (χ4n) is 2.06. The van der Waals surface area contributed by atoms with E-state index >= 15 is 0 Å². The highest BCUT2D eigenvalue weighted by Crippen LogP contribution is 2.13. The summed E-state index contributed by atoms with van der Waals surface area (Å²) in [4.78, 5) is 11.3. The molecule has 0 spiro atoms. The average Bonchev–Trinajstić information content (AvgIpc) is 2.31. The van der Waals surface area contributed by atoms with Crippen molar-refractivity contribution in [2.75, 3.05) is 13.1 Å². The summed E-state index contributed by atoms with van der Waals surface area (Å²) in [6.45, 7) is 7.66. The number of aromatic nitrogens is 2. The summed E-state index contributed by atoms with van der Waals surface area (Å²) < 4.78 is 0. The maximum Gasteiger partial charge on any atom is 0.142 e. The third-order valence-corrected chi connectivity index (χ3v) is 3.21. The Balaban J connectivity index is 1.93. The molecule has 0 radical (unpaired) electrons. The Labute approximate surface area is 97.9 Å². The standard InChI is InChI=1S/C13H21N3/c1-11(2)12-8-14-13(15-9-12)10-16-6-4-3-5-7-16/h8-9,11H,3-7,10H2,1-2H3. The Morgan fingerprint density at radius 1 is 1.12 bits per heavy atom. The number of hydrogen-bond donors (Lipinski definition) is 0. The Kier molecular flexibility index (Phi) is 3.88. The molecule has 0 aliphatic carbocycles. The fraction of sp³-hybridized carbons (Fsp3) is 0.692. The van der Waals surface area contributed by atoms with Crippen LogP contribution in [0.25, 0.3) is 0 Å². The zero-order valence-corrected chi connectivity index (χ0v) is 10.3. The molecule has 0 bridgehead atoms. The van der Waals surface area contributed by atoms with E-state index in [-0.39, 0.29) is 0 Å². The van der Waals surface area contributed by atoms with Crippen molar-refractivity contribution in [1.82, 2.24) is 14.9 Å². The van der Waals surface area contributed by atoms with Crippen LogP contribution in [-0.4, -0.2) is 28.0 Å². The molecule has 3 heteroatoms. The van der Waals surface area contributed by atoms with Gasteiger partial charge in [0.25, 0.3) is 0 Å². The summed E-state index contributed by atoms with van der Waals surface area (Å²) in [5.74, 6) is 1.48. The van der Waals surface area contributed by atoms with Crippen LogP contribution in [0.1, 0.15) is 50.4 Å². The Morgan fingerprint density at radius 3 is 2.31 bits per heavy atom. The summed E-state index contributed by atoms with van der Waals surface area (Å²) in [5, 5.41) is 0. The number of rotatable bonds is 3. The second kappa shape index (κ2) is 5.39. The van der Waals surface area contributed by atoms with Gasteiger partial charge in [-0.3, -0.25) is 4.90 Å². The van der Waals surface area contributed by atoms with Crippen molar-refractivity contribution < 1.29 is 0 Å². The first-order valence-electron chi connectivity index (χ1n) is 6.29. The molecule has 3 nitrogen and oxygen atoms in total. The highest BCUT2D eigenvalue weighted by molar-refractivity contribution is 5.09. The predicted molar refractivity (Wildman–Crippen MR) is 65.2 cm³/mol. The molecule has 16 heavy (non-hydrogen) atoms. The number of piperidine rings is 1. The topological polar surface area (TPSA) is 29.0 Å². The zero-order chi connectivity index (χ0) is 11.4. The average molecular weight is 219 g/mol. The van der Waals surface area contributed by atoms with Gasteiger partial charge in [-0.25, -0.2) is 9.97 Å². The van der Waals surface area contributed by atoms with E-state index in [9.17, 15) is 0 Å². The second-order valence-corrected chi connectivity index (χ2v) is 4.92. The molecule has 0 atom stereocenters. The molecule has 1 aliphatic heterocycles. The van der Waals surface area contributed by atoms with Crippen molar-refractivity contribution in [3.8, 4) is 0 Å². The van der Waals surface area contributed by atoms with Gasteiger partial charge >= 0.3 is 0 Å². The van der Waals surface area contributed by atoms with Crippen molar-refractivity contribution in [2.24, 2.45) is 0 Å². The van der Waals surface area contributed by atoms with E-state index in [0.717, 1.165) is 12.4 Å². The van der Waals surface area contributed by atoms with Gasteiger partial charge in [-0.1, -0.05) is 20.3 Å². The van der Waals surface area contributed by atoms with E-state index in [1.54, 1.807) is 0 Å². The van der Waals surface area contributed by atoms with E-state index in [1.807, 2.05) is 12.4 Å². The van der Waals surface area contributed by atoms with E-state index in [0.29, 0.717) is 5.92 Å². The monoisotopic (exact) mass is 219 g/mol. The van der Waals surface area contributed by atoms with E-state index in [1.165, 1.54) is 37.9 Å². The summed E-state index contributed by atoms with van der Waals surface area (Å²) >= 11 is 0. The maximum atomic E-state index is 4.44. The first kappa shape index (κ1) is 11.5. The van der Waals surface area contributed by atoms with E-state index < -0.39 is 0 Å². The molecule has 1 fully saturated rings. The zero-order valence-electron chi connectivity index (χ0n) is 10.3. The van der Waals surface area contributed by atoms with Crippen LogP contribution >= 0.6 is 0 Å². The normalized spacial score (nSPS) is 17.9. The van der Waals surface area contributed by atoms with Crippen molar-refractivity contribution >= 4 is 0 Å². The summed E-state index contributed by atoms with van der Waals surface area (Å²) in [6.07, 6.45) is 7.96. The second-order valence-electron chi connectivity index (χ2n) is 4.92. The van der Waals surface area contributed by atoms with Gasteiger partial charge in [-0.15, -0.1) is 0 Å². The molecule has 0 amide bonds. The van der Waals surface area contributed by atoms with Crippen LogP contribution in [0.3, 0.4) is 0 Å². The molecule has 1 aliphatic rings. The van der Waals surface area contributed by atoms with Gasteiger partial charge in [0.1, 0.15) is 5.82 Å². The van der Waals surface area contributed by atoms with Gasteiger partial charge in [-0.2, -0.15) is 0 Å². The minimum Gasteiger partial charge on any atom is -0.296 e. The molecular weight excluding hydrogens is 198 g/mol.